The largest absolute Gasteiger partial charge is 0.460 e. The highest BCUT2D eigenvalue weighted by atomic mass is 16.6. The van der Waals surface area contributed by atoms with Crippen molar-refractivity contribution in [1.29, 1.82) is 0 Å². The lowest BCUT2D eigenvalue weighted by Gasteiger charge is -2.69. The van der Waals surface area contributed by atoms with E-state index in [1.807, 2.05) is 0 Å². The second-order valence-corrected chi connectivity index (χ2v) is 15.9. The number of esters is 1. The summed E-state index contributed by atoms with van der Waals surface area (Å²) < 4.78 is 12.4. The van der Waals surface area contributed by atoms with Crippen LogP contribution in [-0.4, -0.2) is 62.2 Å². The molecule has 0 radical (unpaired) electrons. The first kappa shape index (κ1) is 29.5. The average Bonchev–Trinajstić information content (AvgIpc) is 3.38. The third-order valence-electron chi connectivity index (χ3n) is 13.4. The van der Waals surface area contributed by atoms with Crippen molar-refractivity contribution >= 4 is 11.8 Å². The highest BCUT2D eigenvalue weighted by Gasteiger charge is 2.88. The number of fused-ring (bicyclic) bond motifs is 4. The van der Waals surface area contributed by atoms with Crippen LogP contribution >= 0.6 is 0 Å². The van der Waals surface area contributed by atoms with Gasteiger partial charge in [0.2, 0.25) is 0 Å². The van der Waals surface area contributed by atoms with Crippen LogP contribution in [0.25, 0.3) is 0 Å². The molecule has 5 rings (SSSR count). The van der Waals surface area contributed by atoms with Gasteiger partial charge in [-0.15, -0.1) is 0 Å². The highest BCUT2D eigenvalue weighted by Crippen LogP contribution is 2.84. The molecule has 5 fully saturated rings. The van der Waals surface area contributed by atoms with Crippen molar-refractivity contribution in [3.05, 3.63) is 0 Å². The maximum atomic E-state index is 13.0. The summed E-state index contributed by atoms with van der Waals surface area (Å²) in [7, 11) is 0. The zero-order valence-electron chi connectivity index (χ0n) is 25.6. The lowest BCUT2D eigenvalue weighted by atomic mass is 9.35. The quantitative estimate of drug-likeness (QED) is 0.329. The molecular formula is C32H52O7. The van der Waals surface area contributed by atoms with E-state index in [4.69, 9.17) is 9.47 Å². The molecule has 1 heterocycles. The van der Waals surface area contributed by atoms with Gasteiger partial charge in [-0.1, -0.05) is 41.5 Å². The van der Waals surface area contributed by atoms with E-state index < -0.39 is 41.1 Å². The molecule has 4 saturated carbocycles. The fourth-order valence-electron chi connectivity index (χ4n) is 11.3. The molecule has 0 unspecified atom stereocenters. The second kappa shape index (κ2) is 8.52. The summed E-state index contributed by atoms with van der Waals surface area (Å²) in [5.41, 5.74) is -3.15. The summed E-state index contributed by atoms with van der Waals surface area (Å²) in [5.74, 6) is 0.170. The lowest BCUT2D eigenvalue weighted by molar-refractivity contribution is -0.242. The molecule has 39 heavy (non-hydrogen) atoms. The maximum Gasteiger partial charge on any atom is 0.302 e. The molecule has 0 aromatic rings. The van der Waals surface area contributed by atoms with Crippen molar-refractivity contribution in [2.45, 2.75) is 149 Å². The van der Waals surface area contributed by atoms with Crippen LogP contribution in [0.5, 0.6) is 0 Å². The van der Waals surface area contributed by atoms with E-state index in [-0.39, 0.29) is 39.4 Å². The molecule has 0 bridgehead atoms. The molecule has 1 spiro atoms. The summed E-state index contributed by atoms with van der Waals surface area (Å²) in [6.45, 7) is 17.8. The summed E-state index contributed by atoms with van der Waals surface area (Å²) in [6.07, 6.45) is 3.54. The molecule has 5 aliphatic rings. The number of rotatable bonds is 6. The van der Waals surface area contributed by atoms with Gasteiger partial charge in [-0.25, -0.2) is 0 Å². The molecule has 7 heteroatoms. The molecule has 4 aliphatic carbocycles. The van der Waals surface area contributed by atoms with Crippen molar-refractivity contribution in [2.75, 3.05) is 0 Å². The van der Waals surface area contributed by atoms with Crippen LogP contribution in [-0.2, 0) is 19.1 Å². The minimum absolute atomic E-state index is 0.0498. The molecule has 222 valence electrons. The number of carbonyl (C=O) groups is 2. The van der Waals surface area contributed by atoms with E-state index in [1.54, 1.807) is 0 Å². The topological polar surface area (TPSA) is 117 Å². The first-order chi connectivity index (χ1) is 17.7. The first-order valence-corrected chi connectivity index (χ1v) is 15.2. The predicted octanol–water partition coefficient (Wildman–Crippen LogP) is 4.58. The number of aliphatic hydroxyl groups excluding tert-OH is 2. The van der Waals surface area contributed by atoms with E-state index in [1.165, 1.54) is 20.8 Å². The molecule has 11 atom stereocenters. The van der Waals surface area contributed by atoms with E-state index >= 15 is 0 Å². The van der Waals surface area contributed by atoms with Crippen molar-refractivity contribution in [3.8, 4) is 0 Å². The Morgan fingerprint density at radius 2 is 1.77 bits per heavy atom. The Morgan fingerprint density at radius 1 is 1.13 bits per heavy atom. The van der Waals surface area contributed by atoms with Gasteiger partial charge in [0.15, 0.2) is 0 Å². The predicted molar refractivity (Wildman–Crippen MR) is 147 cm³/mol. The van der Waals surface area contributed by atoms with E-state index in [9.17, 15) is 24.9 Å². The zero-order valence-corrected chi connectivity index (χ0v) is 25.6. The van der Waals surface area contributed by atoms with Gasteiger partial charge in [-0.3, -0.25) is 9.59 Å². The van der Waals surface area contributed by atoms with Crippen molar-refractivity contribution in [2.24, 2.45) is 39.4 Å². The lowest BCUT2D eigenvalue weighted by Crippen LogP contribution is -2.69. The summed E-state index contributed by atoms with van der Waals surface area (Å²) in [5, 5.41) is 33.4. The Morgan fingerprint density at radius 3 is 2.36 bits per heavy atom. The van der Waals surface area contributed by atoms with Crippen LogP contribution in [0.3, 0.4) is 0 Å². The van der Waals surface area contributed by atoms with Gasteiger partial charge in [0.05, 0.1) is 11.7 Å². The number of ketones is 1. The third kappa shape index (κ3) is 3.61. The van der Waals surface area contributed by atoms with Crippen LogP contribution < -0.4 is 0 Å². The van der Waals surface area contributed by atoms with Crippen LogP contribution in [0.1, 0.15) is 114 Å². The van der Waals surface area contributed by atoms with E-state index in [2.05, 4.69) is 41.5 Å². The van der Waals surface area contributed by atoms with Crippen LogP contribution in [0.2, 0.25) is 0 Å². The summed E-state index contributed by atoms with van der Waals surface area (Å²) >= 11 is 0. The van der Waals surface area contributed by atoms with Crippen molar-refractivity contribution in [1.82, 2.24) is 0 Å². The van der Waals surface area contributed by atoms with Gasteiger partial charge in [-0.05, 0) is 81.0 Å². The van der Waals surface area contributed by atoms with Crippen molar-refractivity contribution in [3.63, 3.8) is 0 Å². The molecule has 0 aromatic heterocycles. The summed E-state index contributed by atoms with van der Waals surface area (Å²) in [6, 6.07) is 0. The molecular weight excluding hydrogens is 496 g/mol. The Labute approximate surface area is 234 Å². The van der Waals surface area contributed by atoms with E-state index in [0.717, 1.165) is 32.1 Å². The number of epoxide rings is 1. The minimum atomic E-state index is -1.42. The van der Waals surface area contributed by atoms with Gasteiger partial charge in [0.25, 0.3) is 0 Å². The van der Waals surface area contributed by atoms with Crippen molar-refractivity contribution < 1.29 is 34.4 Å². The number of ether oxygens (including phenoxy) is 2. The smallest absolute Gasteiger partial charge is 0.302 e. The Hall–Kier alpha value is -1.02. The first-order valence-electron chi connectivity index (χ1n) is 15.2. The van der Waals surface area contributed by atoms with Gasteiger partial charge < -0.3 is 24.8 Å². The van der Waals surface area contributed by atoms with Gasteiger partial charge >= 0.3 is 5.97 Å². The van der Waals surface area contributed by atoms with Crippen LogP contribution in [0.15, 0.2) is 0 Å². The number of hydrogen-bond acceptors (Lipinski definition) is 7. The molecule has 3 N–H and O–H groups in total. The molecule has 0 aromatic carbocycles. The zero-order chi connectivity index (χ0) is 29.2. The Balaban J connectivity index is 1.47. The summed E-state index contributed by atoms with van der Waals surface area (Å²) in [4.78, 5) is 24.9. The number of aliphatic hydroxyl groups is 3. The molecule has 0 amide bonds. The van der Waals surface area contributed by atoms with Gasteiger partial charge in [0.1, 0.15) is 29.2 Å². The third-order valence-corrected chi connectivity index (χ3v) is 13.4. The van der Waals surface area contributed by atoms with Crippen LogP contribution in [0.4, 0.5) is 0 Å². The van der Waals surface area contributed by atoms with Crippen LogP contribution in [0, 0.1) is 39.4 Å². The Kier molecular flexibility index (Phi) is 6.43. The maximum absolute atomic E-state index is 13.0. The molecule has 7 nitrogen and oxygen atoms in total. The second-order valence-electron chi connectivity index (χ2n) is 15.9. The normalized spacial score (nSPS) is 48.6. The SMILES string of the molecule is CC(=O)O[C@@H](C[C@@H](C)[C@]12CC[C@@]3(C)[C@@]1(C[C@H](O)[C@H]1[C@@]4(C)CCC(=O)C(C)(C)[C@@H]4CC[C@@]13C)O2)[C@@H](O)C(C)(C)O. The van der Waals surface area contributed by atoms with E-state index in [0.29, 0.717) is 25.0 Å². The average molecular weight is 549 g/mol. The van der Waals surface area contributed by atoms with Gasteiger partial charge in [0, 0.05) is 30.6 Å². The minimum Gasteiger partial charge on any atom is -0.460 e. The fraction of sp³-hybridized carbons (Fsp3) is 0.938. The molecule has 1 saturated heterocycles. The Bertz CT molecular complexity index is 1050. The number of carbonyl (C=O) groups excluding carboxylic acids is 2. The van der Waals surface area contributed by atoms with Gasteiger partial charge in [-0.2, -0.15) is 0 Å². The monoisotopic (exact) mass is 548 g/mol. The standard InChI is InChI=1S/C32H52O7/c1-18(16-21(38-19(2)33)25(36)27(5,6)37)31-15-14-30(9)29(8)13-10-22-26(3,4)23(35)11-12-28(22,7)24(29)20(34)17-32(30,31)39-31/h18,20-22,24-25,34,36-37H,10-17H2,1-9H3/t18-,20+,21+,22+,24+,25-,28+,29+,30-,31-,32-/m1/s1. The molecule has 1 aliphatic heterocycles. The fourth-order valence-corrected chi connectivity index (χ4v) is 11.3. The highest BCUT2D eigenvalue weighted by molar-refractivity contribution is 5.85. The number of hydrogen-bond donors (Lipinski definition) is 3. The number of Topliss-reactive ketones (excluding diaryl/α,β-unsaturated/α-hetero) is 1.